The number of hydrogen-bond acceptors (Lipinski definition) is 4. The number of aromatic nitrogens is 1. The predicted molar refractivity (Wildman–Crippen MR) is 109 cm³/mol. The van der Waals surface area contributed by atoms with E-state index in [0.717, 1.165) is 46.1 Å². The van der Waals surface area contributed by atoms with Crippen LogP contribution in [0.2, 0.25) is 0 Å². The molecule has 0 unspecified atom stereocenters. The van der Waals surface area contributed by atoms with Crippen LogP contribution in [-0.2, 0) is 6.54 Å². The number of nitrogens with zero attached hydrogens (tertiary/aromatic N) is 2. The summed E-state index contributed by atoms with van der Waals surface area (Å²) in [6.07, 6.45) is 4.26. The lowest BCUT2D eigenvalue weighted by atomic mass is 10.0. The normalized spacial score (nSPS) is 13.9. The van der Waals surface area contributed by atoms with Crippen molar-refractivity contribution in [3.05, 3.63) is 101 Å². The first kappa shape index (κ1) is 18.0. The highest BCUT2D eigenvalue weighted by atomic mass is 19.1. The molecule has 1 N–H and O–H groups in total. The van der Waals surface area contributed by atoms with Crippen molar-refractivity contribution in [2.24, 2.45) is 0 Å². The van der Waals surface area contributed by atoms with Gasteiger partial charge in [0, 0.05) is 35.3 Å². The molecule has 5 heteroatoms. The predicted octanol–water partition coefficient (Wildman–Crippen LogP) is 5.28. The van der Waals surface area contributed by atoms with Crippen molar-refractivity contribution < 1.29 is 8.91 Å². The number of rotatable bonds is 5. The molecule has 142 valence electrons. The van der Waals surface area contributed by atoms with Gasteiger partial charge < -0.3 is 14.7 Å². The Balaban J connectivity index is 1.65. The molecule has 1 aliphatic heterocycles. The number of nitrogens with one attached hydrogen (secondary N) is 1. The van der Waals surface area contributed by atoms with Crippen molar-refractivity contribution in [2.75, 3.05) is 11.9 Å². The van der Waals surface area contributed by atoms with Gasteiger partial charge in [-0.2, -0.15) is 0 Å². The van der Waals surface area contributed by atoms with Gasteiger partial charge in [-0.3, -0.25) is 0 Å². The minimum absolute atomic E-state index is 0.222. The summed E-state index contributed by atoms with van der Waals surface area (Å²) >= 11 is 0. The molecule has 0 bridgehead atoms. The van der Waals surface area contributed by atoms with Crippen molar-refractivity contribution in [2.45, 2.75) is 20.4 Å². The zero-order chi connectivity index (χ0) is 19.5. The van der Waals surface area contributed by atoms with E-state index >= 15 is 0 Å². The molecule has 0 fully saturated rings. The lowest BCUT2D eigenvalue weighted by molar-refractivity contribution is 0.392. The molecule has 28 heavy (non-hydrogen) atoms. The van der Waals surface area contributed by atoms with E-state index in [-0.39, 0.29) is 5.82 Å². The monoisotopic (exact) mass is 375 g/mol. The maximum absolute atomic E-state index is 13.2. The molecular formula is C23H22FN3O. The van der Waals surface area contributed by atoms with Gasteiger partial charge in [-0.25, -0.2) is 4.39 Å². The molecule has 0 saturated heterocycles. The van der Waals surface area contributed by atoms with Gasteiger partial charge >= 0.3 is 0 Å². The molecule has 2 aromatic carbocycles. The number of aryl methyl sites for hydroxylation is 2. The Labute approximate surface area is 164 Å². The third-order valence-electron chi connectivity index (χ3n) is 4.72. The van der Waals surface area contributed by atoms with Gasteiger partial charge in [-0.05, 0) is 49.8 Å². The van der Waals surface area contributed by atoms with Crippen molar-refractivity contribution >= 4 is 11.3 Å². The maximum Gasteiger partial charge on any atom is 0.141 e. The topological polar surface area (TPSA) is 41.3 Å². The first-order valence-corrected chi connectivity index (χ1v) is 9.25. The van der Waals surface area contributed by atoms with Crippen LogP contribution in [0.3, 0.4) is 0 Å². The summed E-state index contributed by atoms with van der Waals surface area (Å²) in [6, 6.07) is 16.7. The molecule has 0 saturated carbocycles. The summed E-state index contributed by atoms with van der Waals surface area (Å²) in [4.78, 5) is 2.21. The van der Waals surface area contributed by atoms with Gasteiger partial charge in [0.25, 0.3) is 0 Å². The molecule has 0 spiro atoms. The van der Waals surface area contributed by atoms with E-state index < -0.39 is 0 Å². The highest BCUT2D eigenvalue weighted by Gasteiger charge is 2.19. The molecule has 4 nitrogen and oxygen atoms in total. The third kappa shape index (κ3) is 3.98. The fraction of sp³-hybridized carbons (Fsp3) is 0.174. The fourth-order valence-corrected chi connectivity index (χ4v) is 3.47. The van der Waals surface area contributed by atoms with Crippen LogP contribution in [0.5, 0.6) is 0 Å². The van der Waals surface area contributed by atoms with Gasteiger partial charge in [0.15, 0.2) is 0 Å². The summed E-state index contributed by atoms with van der Waals surface area (Å²) in [7, 11) is 0. The van der Waals surface area contributed by atoms with Gasteiger partial charge in [-0.15, -0.1) is 0 Å². The SMILES string of the molecule is Cc1noc(C)c1C1=CN(Cc2ccc(F)cc2)CC(Nc2ccccc2)=C1. The van der Waals surface area contributed by atoms with E-state index in [1.807, 2.05) is 56.3 Å². The summed E-state index contributed by atoms with van der Waals surface area (Å²) in [5.74, 6) is 0.573. The standard InChI is InChI=1S/C23H22FN3O/c1-16-23(17(2)28-26-16)19-12-22(25-21-6-4-3-5-7-21)15-27(14-19)13-18-8-10-20(24)11-9-18/h3-12,14,25H,13,15H2,1-2H3. The van der Waals surface area contributed by atoms with Gasteiger partial charge in [-0.1, -0.05) is 35.5 Å². The Morgan fingerprint density at radius 1 is 1.07 bits per heavy atom. The maximum atomic E-state index is 13.2. The quantitative estimate of drug-likeness (QED) is 0.658. The Kier molecular flexibility index (Phi) is 4.98. The van der Waals surface area contributed by atoms with Crippen molar-refractivity contribution in [1.29, 1.82) is 0 Å². The summed E-state index contributed by atoms with van der Waals surface area (Å²) in [5, 5.41) is 7.60. The van der Waals surface area contributed by atoms with E-state index in [9.17, 15) is 4.39 Å². The average Bonchev–Trinajstić information content (AvgIpc) is 3.02. The summed E-state index contributed by atoms with van der Waals surface area (Å²) in [5.41, 5.74) is 6.08. The van der Waals surface area contributed by atoms with Crippen LogP contribution in [0.4, 0.5) is 10.1 Å². The first-order chi connectivity index (χ1) is 13.6. The average molecular weight is 375 g/mol. The Morgan fingerprint density at radius 2 is 1.82 bits per heavy atom. The molecule has 3 aromatic rings. The van der Waals surface area contributed by atoms with Gasteiger partial charge in [0.1, 0.15) is 11.6 Å². The summed E-state index contributed by atoms with van der Waals surface area (Å²) in [6.45, 7) is 5.27. The molecule has 0 atom stereocenters. The Bertz CT molecular complexity index is 1000. The van der Waals surface area contributed by atoms with Crippen molar-refractivity contribution in [1.82, 2.24) is 10.1 Å². The second-order valence-electron chi connectivity index (χ2n) is 6.98. The lowest BCUT2D eigenvalue weighted by Crippen LogP contribution is -2.26. The van der Waals surface area contributed by atoms with Gasteiger partial charge in [0.2, 0.25) is 0 Å². The molecule has 0 amide bonds. The van der Waals surface area contributed by atoms with Crippen LogP contribution in [0.25, 0.3) is 5.57 Å². The van der Waals surface area contributed by atoms with E-state index in [4.69, 9.17) is 4.52 Å². The molecule has 2 heterocycles. The van der Waals surface area contributed by atoms with E-state index in [2.05, 4.69) is 27.6 Å². The largest absolute Gasteiger partial charge is 0.367 e. The van der Waals surface area contributed by atoms with Crippen LogP contribution in [0.15, 0.2) is 77.1 Å². The number of benzene rings is 2. The van der Waals surface area contributed by atoms with Crippen LogP contribution in [0, 0.1) is 19.7 Å². The first-order valence-electron chi connectivity index (χ1n) is 9.25. The van der Waals surface area contributed by atoms with Crippen LogP contribution in [-0.4, -0.2) is 16.6 Å². The molecular weight excluding hydrogens is 353 g/mol. The number of para-hydroxylation sites is 1. The highest BCUT2D eigenvalue weighted by Crippen LogP contribution is 2.29. The fourth-order valence-electron chi connectivity index (χ4n) is 3.47. The number of halogens is 1. The van der Waals surface area contributed by atoms with Crippen LogP contribution >= 0.6 is 0 Å². The number of allylic oxidation sites excluding steroid dienone is 2. The van der Waals surface area contributed by atoms with E-state index in [1.54, 1.807) is 0 Å². The van der Waals surface area contributed by atoms with Crippen LogP contribution < -0.4 is 5.32 Å². The van der Waals surface area contributed by atoms with E-state index in [0.29, 0.717) is 6.54 Å². The molecule has 1 aliphatic rings. The van der Waals surface area contributed by atoms with Gasteiger partial charge in [0.05, 0.1) is 12.2 Å². The minimum atomic E-state index is -0.222. The smallest absolute Gasteiger partial charge is 0.141 e. The number of hydrogen-bond donors (Lipinski definition) is 1. The van der Waals surface area contributed by atoms with Crippen molar-refractivity contribution in [3.8, 4) is 0 Å². The Hall–Kier alpha value is -3.34. The molecule has 0 radical (unpaired) electrons. The molecule has 1 aromatic heterocycles. The zero-order valence-corrected chi connectivity index (χ0v) is 15.9. The van der Waals surface area contributed by atoms with Crippen LogP contribution in [0.1, 0.15) is 22.6 Å². The lowest BCUT2D eigenvalue weighted by Gasteiger charge is -2.28. The minimum Gasteiger partial charge on any atom is -0.367 e. The highest BCUT2D eigenvalue weighted by molar-refractivity contribution is 5.78. The second kappa shape index (κ2) is 7.72. The van der Waals surface area contributed by atoms with Crippen molar-refractivity contribution in [3.63, 3.8) is 0 Å². The second-order valence-corrected chi connectivity index (χ2v) is 6.98. The zero-order valence-electron chi connectivity index (χ0n) is 15.9. The third-order valence-corrected chi connectivity index (χ3v) is 4.72. The molecule has 0 aliphatic carbocycles. The summed E-state index contributed by atoms with van der Waals surface area (Å²) < 4.78 is 18.6. The van der Waals surface area contributed by atoms with E-state index in [1.165, 1.54) is 12.1 Å². The molecule has 4 rings (SSSR count). The number of anilines is 1. The Morgan fingerprint density at radius 3 is 2.50 bits per heavy atom.